The van der Waals surface area contributed by atoms with Gasteiger partial charge in [-0.1, -0.05) is 85.6 Å². The maximum Gasteiger partial charge on any atom is 0.243 e. The van der Waals surface area contributed by atoms with Crippen LogP contribution in [0.1, 0.15) is 30.5 Å². The minimum absolute atomic E-state index is 0.147. The van der Waals surface area contributed by atoms with E-state index in [1.165, 1.54) is 0 Å². The number of ether oxygens (including phenoxy) is 1. The first-order valence-electron chi connectivity index (χ1n) is 11.9. The molecule has 0 saturated carbocycles. The molecular formula is C29H32Cl2N2O3. The van der Waals surface area contributed by atoms with Crippen LogP contribution < -0.4 is 10.1 Å². The summed E-state index contributed by atoms with van der Waals surface area (Å²) in [5, 5.41) is 3.87. The van der Waals surface area contributed by atoms with Crippen LogP contribution in [0.3, 0.4) is 0 Å². The fraction of sp³-hybridized carbons (Fsp3) is 0.310. The molecule has 0 unspecified atom stereocenters. The summed E-state index contributed by atoms with van der Waals surface area (Å²) >= 11 is 12.4. The molecule has 0 aromatic heterocycles. The van der Waals surface area contributed by atoms with Crippen molar-refractivity contribution in [2.24, 2.45) is 5.92 Å². The zero-order valence-corrected chi connectivity index (χ0v) is 22.4. The molecule has 3 aromatic carbocycles. The fourth-order valence-electron chi connectivity index (χ4n) is 3.83. The Morgan fingerprint density at radius 1 is 0.889 bits per heavy atom. The van der Waals surface area contributed by atoms with Crippen molar-refractivity contribution in [3.8, 4) is 5.75 Å². The highest BCUT2D eigenvalue weighted by atomic mass is 35.5. The second-order valence-corrected chi connectivity index (χ2v) is 9.95. The predicted octanol–water partition coefficient (Wildman–Crippen LogP) is 5.96. The van der Waals surface area contributed by atoms with E-state index >= 15 is 0 Å². The van der Waals surface area contributed by atoms with Gasteiger partial charge in [0.1, 0.15) is 11.8 Å². The summed E-state index contributed by atoms with van der Waals surface area (Å²) in [5.74, 6) is 0.654. The number of nitrogens with one attached hydrogen (secondary N) is 1. The predicted molar refractivity (Wildman–Crippen MR) is 145 cm³/mol. The van der Waals surface area contributed by atoms with E-state index in [2.05, 4.69) is 5.32 Å². The monoisotopic (exact) mass is 526 g/mol. The van der Waals surface area contributed by atoms with E-state index in [4.69, 9.17) is 27.9 Å². The summed E-state index contributed by atoms with van der Waals surface area (Å²) in [6, 6.07) is 21.7. The molecule has 0 fully saturated rings. The SMILES string of the molecule is COc1ccc(CC(=O)N(Cc2ccc(Cl)c(Cl)c2)[C@@H](Cc2ccccc2)C(=O)NCC(C)C)cc1. The Bertz CT molecular complexity index is 1150. The van der Waals surface area contributed by atoms with E-state index in [0.29, 0.717) is 28.8 Å². The van der Waals surface area contributed by atoms with Crippen LogP contribution in [-0.2, 0) is 29.0 Å². The molecular weight excluding hydrogens is 495 g/mol. The molecule has 7 heteroatoms. The number of amides is 2. The number of carbonyl (C=O) groups is 2. The minimum Gasteiger partial charge on any atom is -0.497 e. The Morgan fingerprint density at radius 2 is 1.56 bits per heavy atom. The van der Waals surface area contributed by atoms with Crippen molar-refractivity contribution in [3.05, 3.63) is 99.5 Å². The van der Waals surface area contributed by atoms with Gasteiger partial charge in [-0.15, -0.1) is 0 Å². The van der Waals surface area contributed by atoms with E-state index in [0.717, 1.165) is 16.7 Å². The van der Waals surface area contributed by atoms with Crippen LogP contribution in [0.2, 0.25) is 10.0 Å². The maximum absolute atomic E-state index is 13.8. The zero-order chi connectivity index (χ0) is 26.1. The summed E-state index contributed by atoms with van der Waals surface area (Å²) in [4.78, 5) is 28.9. The number of nitrogens with zero attached hydrogens (tertiary/aromatic N) is 1. The summed E-state index contributed by atoms with van der Waals surface area (Å²) in [5.41, 5.74) is 2.60. The number of benzene rings is 3. The molecule has 190 valence electrons. The average molecular weight is 527 g/mol. The third kappa shape index (κ3) is 8.00. The fourth-order valence-corrected chi connectivity index (χ4v) is 4.15. The van der Waals surface area contributed by atoms with Crippen molar-refractivity contribution in [3.63, 3.8) is 0 Å². The Balaban J connectivity index is 1.96. The first-order chi connectivity index (χ1) is 17.3. The van der Waals surface area contributed by atoms with Gasteiger partial charge in [0, 0.05) is 19.5 Å². The third-order valence-electron chi connectivity index (χ3n) is 5.81. The first-order valence-corrected chi connectivity index (χ1v) is 12.7. The largest absolute Gasteiger partial charge is 0.497 e. The average Bonchev–Trinajstić information content (AvgIpc) is 2.87. The standard InChI is InChI=1S/C29H32Cl2N2O3/c1-20(2)18-32-29(35)27(16-21-7-5-4-6-8-21)33(19-23-11-14-25(30)26(31)15-23)28(34)17-22-9-12-24(36-3)13-10-22/h4-15,20,27H,16-19H2,1-3H3,(H,32,35)/t27-/m0/s1. The quantitative estimate of drug-likeness (QED) is 0.335. The molecule has 0 radical (unpaired) electrons. The van der Waals surface area contributed by atoms with Gasteiger partial charge >= 0.3 is 0 Å². The molecule has 0 bridgehead atoms. The van der Waals surface area contributed by atoms with Gasteiger partial charge < -0.3 is 15.0 Å². The summed E-state index contributed by atoms with van der Waals surface area (Å²) in [6.07, 6.45) is 0.536. The van der Waals surface area contributed by atoms with Gasteiger partial charge in [-0.2, -0.15) is 0 Å². The Kier molecular flexibility index (Phi) is 10.2. The van der Waals surface area contributed by atoms with Gasteiger partial charge in [0.05, 0.1) is 23.6 Å². The molecule has 0 saturated heterocycles. The lowest BCUT2D eigenvalue weighted by atomic mass is 10.0. The second kappa shape index (κ2) is 13.3. The van der Waals surface area contributed by atoms with Crippen molar-refractivity contribution in [2.75, 3.05) is 13.7 Å². The topological polar surface area (TPSA) is 58.6 Å². The number of rotatable bonds is 11. The number of halogens is 2. The highest BCUT2D eigenvalue weighted by Crippen LogP contribution is 2.25. The van der Waals surface area contributed by atoms with Crippen LogP contribution >= 0.6 is 23.2 Å². The first kappa shape index (κ1) is 27.6. The van der Waals surface area contributed by atoms with E-state index in [1.807, 2.05) is 74.5 Å². The van der Waals surface area contributed by atoms with Crippen molar-refractivity contribution >= 4 is 35.0 Å². The Hall–Kier alpha value is -3.02. The van der Waals surface area contributed by atoms with Crippen molar-refractivity contribution in [2.45, 2.75) is 39.3 Å². The van der Waals surface area contributed by atoms with Crippen LogP contribution in [0.15, 0.2) is 72.8 Å². The lowest BCUT2D eigenvalue weighted by Crippen LogP contribution is -2.51. The molecule has 3 rings (SSSR count). The Morgan fingerprint density at radius 3 is 2.17 bits per heavy atom. The molecule has 1 N–H and O–H groups in total. The molecule has 1 atom stereocenters. The van der Waals surface area contributed by atoms with Gasteiger partial charge in [-0.05, 0) is 46.9 Å². The zero-order valence-electron chi connectivity index (χ0n) is 20.8. The molecule has 36 heavy (non-hydrogen) atoms. The van der Waals surface area contributed by atoms with Crippen molar-refractivity contribution < 1.29 is 14.3 Å². The van der Waals surface area contributed by atoms with E-state index in [9.17, 15) is 9.59 Å². The molecule has 2 amide bonds. The normalized spacial score (nSPS) is 11.7. The van der Waals surface area contributed by atoms with E-state index in [1.54, 1.807) is 24.1 Å². The van der Waals surface area contributed by atoms with Gasteiger partial charge in [-0.3, -0.25) is 9.59 Å². The maximum atomic E-state index is 13.8. The molecule has 0 aliphatic heterocycles. The van der Waals surface area contributed by atoms with Crippen LogP contribution in [0.4, 0.5) is 0 Å². The van der Waals surface area contributed by atoms with Crippen molar-refractivity contribution in [1.29, 1.82) is 0 Å². The second-order valence-electron chi connectivity index (χ2n) is 9.14. The van der Waals surface area contributed by atoms with E-state index < -0.39 is 6.04 Å². The van der Waals surface area contributed by atoms with Gasteiger partial charge in [0.25, 0.3) is 0 Å². The molecule has 0 heterocycles. The van der Waals surface area contributed by atoms with Gasteiger partial charge in [0.2, 0.25) is 11.8 Å². The molecule has 5 nitrogen and oxygen atoms in total. The number of hydrogen-bond donors (Lipinski definition) is 1. The lowest BCUT2D eigenvalue weighted by molar-refractivity contribution is -0.140. The number of methoxy groups -OCH3 is 1. The Labute approximate surface area is 223 Å². The number of hydrogen-bond acceptors (Lipinski definition) is 3. The number of carbonyl (C=O) groups excluding carboxylic acids is 2. The molecule has 0 aliphatic carbocycles. The van der Waals surface area contributed by atoms with Gasteiger partial charge in [0.15, 0.2) is 0 Å². The molecule has 3 aromatic rings. The molecule has 0 aliphatic rings. The van der Waals surface area contributed by atoms with Crippen LogP contribution in [0, 0.1) is 5.92 Å². The van der Waals surface area contributed by atoms with Gasteiger partial charge in [-0.25, -0.2) is 0 Å². The highest BCUT2D eigenvalue weighted by molar-refractivity contribution is 6.42. The van der Waals surface area contributed by atoms with Crippen molar-refractivity contribution in [1.82, 2.24) is 10.2 Å². The van der Waals surface area contributed by atoms with Crippen LogP contribution in [0.5, 0.6) is 5.75 Å². The summed E-state index contributed by atoms with van der Waals surface area (Å²) < 4.78 is 5.23. The minimum atomic E-state index is -0.702. The lowest BCUT2D eigenvalue weighted by Gasteiger charge is -2.32. The molecule has 0 spiro atoms. The van der Waals surface area contributed by atoms with Crippen LogP contribution in [-0.4, -0.2) is 36.4 Å². The summed E-state index contributed by atoms with van der Waals surface area (Å²) in [7, 11) is 1.60. The van der Waals surface area contributed by atoms with Crippen LogP contribution in [0.25, 0.3) is 0 Å². The summed E-state index contributed by atoms with van der Waals surface area (Å²) in [6.45, 7) is 4.82. The third-order valence-corrected chi connectivity index (χ3v) is 6.55. The highest BCUT2D eigenvalue weighted by Gasteiger charge is 2.30. The smallest absolute Gasteiger partial charge is 0.243 e. The van der Waals surface area contributed by atoms with E-state index in [-0.39, 0.29) is 30.7 Å².